The lowest BCUT2D eigenvalue weighted by atomic mass is 10.0. The highest BCUT2D eigenvalue weighted by Gasteiger charge is 2.17. The SMILES string of the molecule is CCCNC(CC)c1cccc(S(=O)(=O)NN(C)C)c1. The molecule has 20 heavy (non-hydrogen) atoms. The van der Waals surface area contributed by atoms with Crippen molar-refractivity contribution >= 4 is 10.0 Å². The highest BCUT2D eigenvalue weighted by molar-refractivity contribution is 7.89. The summed E-state index contributed by atoms with van der Waals surface area (Å²) in [5.41, 5.74) is 1.00. The van der Waals surface area contributed by atoms with Gasteiger partial charge in [0.05, 0.1) is 4.90 Å². The van der Waals surface area contributed by atoms with E-state index in [9.17, 15) is 8.42 Å². The Balaban J connectivity index is 3.00. The van der Waals surface area contributed by atoms with Crippen LogP contribution in [0.3, 0.4) is 0 Å². The first-order valence-corrected chi connectivity index (χ1v) is 8.42. The van der Waals surface area contributed by atoms with Crippen LogP contribution in [0.5, 0.6) is 0 Å². The summed E-state index contributed by atoms with van der Waals surface area (Å²) in [6.07, 6.45) is 1.97. The maximum Gasteiger partial charge on any atom is 0.253 e. The Labute approximate surface area is 122 Å². The lowest BCUT2D eigenvalue weighted by Crippen LogP contribution is -2.36. The zero-order valence-corrected chi connectivity index (χ0v) is 13.5. The molecule has 0 aromatic heterocycles. The van der Waals surface area contributed by atoms with E-state index in [-0.39, 0.29) is 6.04 Å². The van der Waals surface area contributed by atoms with Crippen molar-refractivity contribution in [3.8, 4) is 0 Å². The van der Waals surface area contributed by atoms with Crippen LogP contribution >= 0.6 is 0 Å². The van der Waals surface area contributed by atoms with E-state index in [1.807, 2.05) is 6.07 Å². The average Bonchev–Trinajstić information content (AvgIpc) is 2.38. The molecule has 114 valence electrons. The van der Waals surface area contributed by atoms with Crippen LogP contribution in [0.2, 0.25) is 0 Å². The predicted octanol–water partition coefficient (Wildman–Crippen LogP) is 1.89. The normalized spacial score (nSPS) is 13.7. The summed E-state index contributed by atoms with van der Waals surface area (Å²) in [6.45, 7) is 5.12. The minimum absolute atomic E-state index is 0.185. The fourth-order valence-electron chi connectivity index (χ4n) is 2.01. The van der Waals surface area contributed by atoms with E-state index >= 15 is 0 Å². The molecule has 1 atom stereocenters. The highest BCUT2D eigenvalue weighted by Crippen LogP contribution is 2.20. The van der Waals surface area contributed by atoms with Gasteiger partial charge in [-0.25, -0.2) is 13.4 Å². The Hall–Kier alpha value is -0.950. The summed E-state index contributed by atoms with van der Waals surface area (Å²) in [7, 11) is -0.192. The summed E-state index contributed by atoms with van der Waals surface area (Å²) in [5.74, 6) is 0. The molecular weight excluding hydrogens is 274 g/mol. The first-order valence-electron chi connectivity index (χ1n) is 6.93. The van der Waals surface area contributed by atoms with Crippen molar-refractivity contribution in [2.45, 2.75) is 37.6 Å². The first kappa shape index (κ1) is 17.1. The van der Waals surface area contributed by atoms with Crippen molar-refractivity contribution in [3.63, 3.8) is 0 Å². The van der Waals surface area contributed by atoms with Crippen molar-refractivity contribution in [1.82, 2.24) is 15.2 Å². The molecule has 0 aliphatic carbocycles. The minimum Gasteiger partial charge on any atom is -0.310 e. The van der Waals surface area contributed by atoms with E-state index in [2.05, 4.69) is 24.0 Å². The van der Waals surface area contributed by atoms with Gasteiger partial charge in [0.2, 0.25) is 0 Å². The maximum atomic E-state index is 12.1. The average molecular weight is 299 g/mol. The predicted molar refractivity (Wildman–Crippen MR) is 81.8 cm³/mol. The third kappa shape index (κ3) is 4.86. The molecule has 1 aromatic carbocycles. The Morgan fingerprint density at radius 1 is 1.25 bits per heavy atom. The molecule has 1 aromatic rings. The molecule has 1 unspecified atom stereocenters. The second kappa shape index (κ2) is 7.73. The number of nitrogens with zero attached hydrogens (tertiary/aromatic N) is 1. The molecule has 0 saturated carbocycles. The fourth-order valence-corrected chi connectivity index (χ4v) is 3.14. The largest absolute Gasteiger partial charge is 0.310 e. The molecule has 0 saturated heterocycles. The Morgan fingerprint density at radius 2 is 1.95 bits per heavy atom. The summed E-state index contributed by atoms with van der Waals surface area (Å²) in [5, 5.41) is 4.85. The van der Waals surface area contributed by atoms with Gasteiger partial charge >= 0.3 is 0 Å². The van der Waals surface area contributed by atoms with Gasteiger partial charge in [-0.05, 0) is 37.1 Å². The second-order valence-corrected chi connectivity index (χ2v) is 6.64. The molecule has 0 fully saturated rings. The highest BCUT2D eigenvalue weighted by atomic mass is 32.2. The van der Waals surface area contributed by atoms with E-state index in [1.165, 1.54) is 5.01 Å². The van der Waals surface area contributed by atoms with E-state index in [0.29, 0.717) is 4.90 Å². The Kier molecular flexibility index (Phi) is 6.61. The standard InChI is InChI=1S/C14H25N3O2S/c1-5-10-15-14(6-2)12-8-7-9-13(11-12)20(18,19)16-17(3)4/h7-9,11,14-16H,5-6,10H2,1-4H3. The van der Waals surface area contributed by atoms with Gasteiger partial charge in [-0.3, -0.25) is 0 Å². The molecule has 2 N–H and O–H groups in total. The van der Waals surface area contributed by atoms with E-state index in [1.54, 1.807) is 32.3 Å². The second-order valence-electron chi connectivity index (χ2n) is 4.98. The van der Waals surface area contributed by atoms with Crippen molar-refractivity contribution < 1.29 is 8.42 Å². The van der Waals surface area contributed by atoms with E-state index in [4.69, 9.17) is 0 Å². The number of nitrogens with one attached hydrogen (secondary N) is 2. The first-order chi connectivity index (χ1) is 9.40. The summed E-state index contributed by atoms with van der Waals surface area (Å²) in [4.78, 5) is 2.74. The molecule has 0 spiro atoms. The molecule has 0 aliphatic rings. The van der Waals surface area contributed by atoms with E-state index in [0.717, 1.165) is 24.9 Å². The van der Waals surface area contributed by atoms with Gasteiger partial charge in [0, 0.05) is 20.1 Å². The lowest BCUT2D eigenvalue weighted by molar-refractivity contribution is 0.364. The monoisotopic (exact) mass is 299 g/mol. The molecule has 0 aliphatic heterocycles. The fraction of sp³-hybridized carbons (Fsp3) is 0.571. The number of hydrogen-bond acceptors (Lipinski definition) is 4. The van der Waals surface area contributed by atoms with Crippen molar-refractivity contribution in [3.05, 3.63) is 29.8 Å². The minimum atomic E-state index is -3.50. The number of rotatable bonds is 8. The van der Waals surface area contributed by atoms with Crippen LogP contribution in [0.15, 0.2) is 29.2 Å². The number of sulfonamides is 1. The van der Waals surface area contributed by atoms with Crippen LogP contribution in [-0.2, 0) is 10.0 Å². The summed E-state index contributed by atoms with van der Waals surface area (Å²) >= 11 is 0. The van der Waals surface area contributed by atoms with Crippen LogP contribution in [0, 0.1) is 0 Å². The van der Waals surface area contributed by atoms with Gasteiger partial charge < -0.3 is 5.32 Å². The van der Waals surface area contributed by atoms with Gasteiger partial charge in [-0.2, -0.15) is 0 Å². The quantitative estimate of drug-likeness (QED) is 0.720. The molecule has 0 amide bonds. The number of hydrazine groups is 1. The van der Waals surface area contributed by atoms with Crippen molar-refractivity contribution in [1.29, 1.82) is 0 Å². The zero-order chi connectivity index (χ0) is 15.2. The topological polar surface area (TPSA) is 61.4 Å². The third-order valence-corrected chi connectivity index (χ3v) is 4.40. The maximum absolute atomic E-state index is 12.1. The molecule has 0 heterocycles. The Bertz CT molecular complexity index is 515. The summed E-state index contributed by atoms with van der Waals surface area (Å²) < 4.78 is 24.3. The van der Waals surface area contributed by atoms with Crippen LogP contribution in [0.25, 0.3) is 0 Å². The zero-order valence-electron chi connectivity index (χ0n) is 12.7. The lowest BCUT2D eigenvalue weighted by Gasteiger charge is -2.18. The molecule has 5 nitrogen and oxygen atoms in total. The molecule has 0 bridgehead atoms. The van der Waals surface area contributed by atoms with Gasteiger partial charge in [-0.1, -0.05) is 26.0 Å². The third-order valence-electron chi connectivity index (χ3n) is 2.92. The molecular formula is C14H25N3O2S. The van der Waals surface area contributed by atoms with Gasteiger partial charge in [0.25, 0.3) is 10.0 Å². The van der Waals surface area contributed by atoms with Crippen LogP contribution < -0.4 is 10.1 Å². The Morgan fingerprint density at radius 3 is 2.50 bits per heavy atom. The van der Waals surface area contributed by atoms with Gasteiger partial charge in [-0.15, -0.1) is 4.83 Å². The smallest absolute Gasteiger partial charge is 0.253 e. The van der Waals surface area contributed by atoms with Crippen LogP contribution in [-0.4, -0.2) is 34.1 Å². The number of hydrogen-bond donors (Lipinski definition) is 2. The molecule has 6 heteroatoms. The number of benzene rings is 1. The molecule has 0 radical (unpaired) electrons. The summed E-state index contributed by atoms with van der Waals surface area (Å²) in [6, 6.07) is 7.29. The van der Waals surface area contributed by atoms with Gasteiger partial charge in [0.1, 0.15) is 0 Å². The van der Waals surface area contributed by atoms with Crippen LogP contribution in [0.1, 0.15) is 38.3 Å². The van der Waals surface area contributed by atoms with Crippen molar-refractivity contribution in [2.24, 2.45) is 0 Å². The van der Waals surface area contributed by atoms with E-state index < -0.39 is 10.0 Å². The molecule has 1 rings (SSSR count). The van der Waals surface area contributed by atoms with Crippen LogP contribution in [0.4, 0.5) is 0 Å². The van der Waals surface area contributed by atoms with Gasteiger partial charge in [0.15, 0.2) is 0 Å². The van der Waals surface area contributed by atoms with Crippen molar-refractivity contribution in [2.75, 3.05) is 20.6 Å².